The second kappa shape index (κ2) is 11.9. The lowest BCUT2D eigenvalue weighted by molar-refractivity contribution is -0.137. The summed E-state index contributed by atoms with van der Waals surface area (Å²) in [6, 6.07) is 0.436. The van der Waals surface area contributed by atoms with E-state index in [1.165, 1.54) is 16.6 Å². The minimum atomic E-state index is -3.51. The van der Waals surface area contributed by atoms with Crippen LogP contribution in [0.5, 0.6) is 0 Å². The van der Waals surface area contributed by atoms with Crippen LogP contribution in [0.25, 0.3) is 0 Å². The molecule has 0 aromatic rings. The average Bonchev–Trinajstić information content (AvgIpc) is 2.50. The van der Waals surface area contributed by atoms with Crippen LogP contribution in [0.3, 0.4) is 0 Å². The molecule has 0 aliphatic rings. The number of hydrogen-bond acceptors (Lipinski definition) is 4. The molecule has 0 saturated carbocycles. The van der Waals surface area contributed by atoms with Crippen molar-refractivity contribution in [3.63, 3.8) is 0 Å². The van der Waals surface area contributed by atoms with E-state index in [-0.39, 0.29) is 18.4 Å². The van der Waals surface area contributed by atoms with Crippen LogP contribution in [-0.4, -0.2) is 50.5 Å². The quantitative estimate of drug-likeness (QED) is 0.138. The van der Waals surface area contributed by atoms with E-state index in [1.807, 2.05) is 0 Å². The number of alkyl halides is 1. The summed E-state index contributed by atoms with van der Waals surface area (Å²) in [7, 11) is -5.01. The second-order valence-corrected chi connectivity index (χ2v) is 15.4. The summed E-state index contributed by atoms with van der Waals surface area (Å²) in [4.78, 5) is 11.6. The Morgan fingerprint density at radius 3 is 2.48 bits per heavy atom. The van der Waals surface area contributed by atoms with Crippen LogP contribution in [-0.2, 0) is 19.6 Å². The molecule has 5 nitrogen and oxygen atoms in total. The van der Waals surface area contributed by atoms with E-state index in [0.717, 1.165) is 11.8 Å². The number of hydrogen-bond donors (Lipinski definition) is 0. The molecular formula is C17H32BrNO4SSi. The second-order valence-electron chi connectivity index (χ2n) is 7.03. The lowest BCUT2D eigenvalue weighted by Crippen LogP contribution is -2.39. The molecule has 25 heavy (non-hydrogen) atoms. The predicted octanol–water partition coefficient (Wildman–Crippen LogP) is 4.15. The highest BCUT2D eigenvalue weighted by Crippen LogP contribution is 2.21. The third kappa shape index (κ3) is 10.9. The minimum absolute atomic E-state index is 0.0951. The molecular weight excluding hydrogens is 422 g/mol. The average molecular weight is 455 g/mol. The van der Waals surface area contributed by atoms with Gasteiger partial charge in [0.1, 0.15) is 0 Å². The van der Waals surface area contributed by atoms with E-state index in [0.29, 0.717) is 18.9 Å². The summed E-state index contributed by atoms with van der Waals surface area (Å²) in [6.07, 6.45) is 6.34. The first-order valence-electron chi connectivity index (χ1n) is 8.60. The number of nitrogens with zero attached hydrogens (tertiary/aromatic N) is 1. The first-order chi connectivity index (χ1) is 11.6. The largest absolute Gasteiger partial charge is 0.463 e. The van der Waals surface area contributed by atoms with Crippen molar-refractivity contribution in [2.75, 3.05) is 17.7 Å². The highest BCUT2D eigenvalue weighted by molar-refractivity contribution is 9.09. The third-order valence-corrected chi connectivity index (χ3v) is 8.00. The molecule has 0 radical (unpaired) electrons. The molecule has 0 heterocycles. The van der Waals surface area contributed by atoms with Gasteiger partial charge in [-0.1, -0.05) is 41.6 Å². The molecule has 0 N–H and O–H groups in total. The molecule has 8 heteroatoms. The van der Waals surface area contributed by atoms with E-state index >= 15 is 0 Å². The van der Waals surface area contributed by atoms with Gasteiger partial charge in [0.05, 0.1) is 12.4 Å². The van der Waals surface area contributed by atoms with Crippen molar-refractivity contribution in [1.29, 1.82) is 0 Å². The first-order valence-corrected chi connectivity index (χ1v) is 15.0. The zero-order valence-corrected chi connectivity index (χ0v) is 19.2. The third-order valence-electron chi connectivity index (χ3n) is 3.54. The van der Waals surface area contributed by atoms with Crippen LogP contribution in [0.4, 0.5) is 0 Å². The van der Waals surface area contributed by atoms with Crippen molar-refractivity contribution < 1.29 is 17.9 Å². The molecule has 0 amide bonds. The summed E-state index contributed by atoms with van der Waals surface area (Å²) < 4.78 is 32.1. The van der Waals surface area contributed by atoms with Crippen molar-refractivity contribution >= 4 is 40.0 Å². The molecule has 0 aliphatic heterocycles. The van der Waals surface area contributed by atoms with Gasteiger partial charge in [0.25, 0.3) is 0 Å². The van der Waals surface area contributed by atoms with E-state index in [1.54, 1.807) is 13.0 Å². The van der Waals surface area contributed by atoms with E-state index in [9.17, 15) is 13.2 Å². The lowest BCUT2D eigenvalue weighted by Gasteiger charge is -2.30. The SMILES string of the molecule is C=CCC(CCCBr)N(/C=C/C(=O)OCC)S(=O)(=O)CC[Si](C)(C)C. The van der Waals surface area contributed by atoms with Gasteiger partial charge in [-0.3, -0.25) is 4.31 Å². The van der Waals surface area contributed by atoms with Crippen molar-refractivity contribution in [3.8, 4) is 0 Å². The molecule has 0 fully saturated rings. The number of halogens is 1. The maximum Gasteiger partial charge on any atom is 0.332 e. The highest BCUT2D eigenvalue weighted by Gasteiger charge is 2.28. The Labute approximate surface area is 162 Å². The van der Waals surface area contributed by atoms with E-state index in [2.05, 4.69) is 42.1 Å². The molecule has 0 spiro atoms. The number of rotatable bonds is 13. The number of carbonyl (C=O) groups excluding carboxylic acids is 1. The monoisotopic (exact) mass is 453 g/mol. The van der Waals surface area contributed by atoms with E-state index in [4.69, 9.17) is 4.74 Å². The van der Waals surface area contributed by atoms with Gasteiger partial charge in [-0.2, -0.15) is 0 Å². The molecule has 0 bridgehead atoms. The topological polar surface area (TPSA) is 63.7 Å². The summed E-state index contributed by atoms with van der Waals surface area (Å²) in [5.41, 5.74) is 0. The fraction of sp³-hybridized carbons (Fsp3) is 0.706. The van der Waals surface area contributed by atoms with Gasteiger partial charge in [0.15, 0.2) is 0 Å². The maximum atomic E-state index is 12.9. The van der Waals surface area contributed by atoms with E-state index < -0.39 is 24.1 Å². The van der Waals surface area contributed by atoms with Crippen LogP contribution in [0.2, 0.25) is 25.7 Å². The van der Waals surface area contributed by atoms with Crippen LogP contribution >= 0.6 is 15.9 Å². The van der Waals surface area contributed by atoms with Gasteiger partial charge in [-0.25, -0.2) is 13.2 Å². The number of esters is 1. The Morgan fingerprint density at radius 2 is 2.00 bits per heavy atom. The maximum absolute atomic E-state index is 12.9. The van der Waals surface area contributed by atoms with Gasteiger partial charge >= 0.3 is 5.97 Å². The molecule has 0 saturated heterocycles. The van der Waals surface area contributed by atoms with Crippen molar-refractivity contribution in [2.24, 2.45) is 0 Å². The summed E-state index contributed by atoms with van der Waals surface area (Å²) in [5, 5.41) is 0.797. The zero-order valence-electron chi connectivity index (χ0n) is 15.8. The summed E-state index contributed by atoms with van der Waals surface area (Å²) in [5.74, 6) is -0.441. The number of ether oxygens (including phenoxy) is 1. The molecule has 146 valence electrons. The molecule has 0 aromatic heterocycles. The van der Waals surface area contributed by atoms with Crippen molar-refractivity contribution in [3.05, 3.63) is 24.9 Å². The van der Waals surface area contributed by atoms with Crippen molar-refractivity contribution in [1.82, 2.24) is 4.31 Å². The predicted molar refractivity (Wildman–Crippen MR) is 111 cm³/mol. The smallest absolute Gasteiger partial charge is 0.332 e. The normalized spacial score (nSPS) is 13.6. The number of carbonyl (C=O) groups is 1. The Kier molecular flexibility index (Phi) is 11.6. The Hall–Kier alpha value is -0.603. The standard InChI is InChI=1S/C17H32BrNO4SSi/c1-6-9-16(10-8-12-18)19(13-11-17(20)23-7-2)24(21,22)14-15-25(3,4)5/h6,11,13,16H,1,7-10,12,14-15H2,2-5H3/b13-11+. The van der Waals surface area contributed by atoms with Crippen LogP contribution in [0, 0.1) is 0 Å². The number of sulfonamides is 1. The summed E-state index contributed by atoms with van der Waals surface area (Å²) in [6.45, 7) is 12.1. The Bertz CT molecular complexity index is 543. The van der Waals surface area contributed by atoms with Crippen molar-refractivity contribution in [2.45, 2.75) is 57.9 Å². The molecule has 0 rings (SSSR count). The van der Waals surface area contributed by atoms with Crippen LogP contribution < -0.4 is 0 Å². The van der Waals surface area contributed by atoms with Gasteiger partial charge in [0.2, 0.25) is 10.0 Å². The lowest BCUT2D eigenvalue weighted by atomic mass is 10.1. The molecule has 1 unspecified atom stereocenters. The Balaban J connectivity index is 5.53. The fourth-order valence-corrected chi connectivity index (χ4v) is 7.07. The van der Waals surface area contributed by atoms with Gasteiger partial charge in [0, 0.05) is 31.7 Å². The van der Waals surface area contributed by atoms with Crippen LogP contribution in [0.15, 0.2) is 24.9 Å². The highest BCUT2D eigenvalue weighted by atomic mass is 79.9. The molecule has 0 aliphatic carbocycles. The van der Waals surface area contributed by atoms with Gasteiger partial charge < -0.3 is 4.74 Å². The molecule has 1 atom stereocenters. The Morgan fingerprint density at radius 1 is 1.36 bits per heavy atom. The minimum Gasteiger partial charge on any atom is -0.463 e. The van der Waals surface area contributed by atoms with Gasteiger partial charge in [-0.05, 0) is 32.2 Å². The molecule has 0 aromatic carbocycles. The zero-order chi connectivity index (χ0) is 19.5. The van der Waals surface area contributed by atoms with Crippen LogP contribution in [0.1, 0.15) is 26.2 Å². The van der Waals surface area contributed by atoms with Gasteiger partial charge in [-0.15, -0.1) is 6.58 Å². The first kappa shape index (κ1) is 24.4. The fourth-order valence-electron chi connectivity index (χ4n) is 2.16. The summed E-state index contributed by atoms with van der Waals surface area (Å²) >= 11 is 3.39.